The maximum Gasteiger partial charge on any atom is 0.224 e. The molecule has 1 saturated carbocycles. The average Bonchev–Trinajstić information content (AvgIpc) is 3.31. The second-order valence-corrected chi connectivity index (χ2v) is 7.99. The summed E-state index contributed by atoms with van der Waals surface area (Å²) in [6, 6.07) is 13.9. The van der Waals surface area contributed by atoms with Gasteiger partial charge in [0.2, 0.25) is 5.95 Å². The van der Waals surface area contributed by atoms with Crippen LogP contribution in [0.5, 0.6) is 0 Å². The van der Waals surface area contributed by atoms with E-state index in [1.54, 1.807) is 13.3 Å². The first kappa shape index (κ1) is 21.6. The predicted molar refractivity (Wildman–Crippen MR) is 129 cm³/mol. The molecule has 0 saturated heterocycles. The first-order chi connectivity index (χ1) is 15.7. The molecule has 0 bridgehead atoms. The molecule has 7 heteroatoms. The van der Waals surface area contributed by atoms with Crippen molar-refractivity contribution in [2.75, 3.05) is 24.3 Å². The molecule has 1 fully saturated rings. The van der Waals surface area contributed by atoms with Gasteiger partial charge in [0.15, 0.2) is 0 Å². The van der Waals surface area contributed by atoms with Crippen LogP contribution in [0.25, 0.3) is 5.57 Å². The third kappa shape index (κ3) is 5.75. The Bertz CT molecular complexity index is 1050. The van der Waals surface area contributed by atoms with Gasteiger partial charge < -0.3 is 15.4 Å². The fourth-order valence-corrected chi connectivity index (χ4v) is 3.94. The van der Waals surface area contributed by atoms with Gasteiger partial charge in [-0.2, -0.15) is 10.1 Å². The first-order valence-electron chi connectivity index (χ1n) is 11.1. The Morgan fingerprint density at radius 2 is 2.00 bits per heavy atom. The smallest absolute Gasteiger partial charge is 0.224 e. The molecule has 0 atom stereocenters. The highest BCUT2D eigenvalue weighted by Gasteiger charge is 2.18. The minimum Gasteiger partial charge on any atom is -0.499 e. The van der Waals surface area contributed by atoms with Crippen molar-refractivity contribution in [2.45, 2.75) is 38.0 Å². The highest BCUT2D eigenvalue weighted by atomic mass is 16.5. The summed E-state index contributed by atoms with van der Waals surface area (Å²) in [5.41, 5.74) is 3.07. The number of aromatic nitrogens is 4. The highest BCUT2D eigenvalue weighted by Crippen LogP contribution is 2.32. The number of ether oxygens (including phenoxy) is 1. The molecule has 1 aliphatic carbocycles. The molecule has 2 aromatic heterocycles. The van der Waals surface area contributed by atoms with Crippen molar-refractivity contribution in [3.05, 3.63) is 78.3 Å². The van der Waals surface area contributed by atoms with E-state index in [1.807, 2.05) is 42.5 Å². The summed E-state index contributed by atoms with van der Waals surface area (Å²) in [5.74, 6) is 3.34. The van der Waals surface area contributed by atoms with Crippen LogP contribution >= 0.6 is 0 Å². The Hall–Kier alpha value is -3.61. The van der Waals surface area contributed by atoms with Gasteiger partial charge in [-0.1, -0.05) is 56.2 Å². The molecule has 7 nitrogen and oxygen atoms in total. The van der Waals surface area contributed by atoms with Gasteiger partial charge >= 0.3 is 0 Å². The van der Waals surface area contributed by atoms with Gasteiger partial charge in [0.1, 0.15) is 17.4 Å². The number of H-pyrrole nitrogens is 1. The van der Waals surface area contributed by atoms with Crippen molar-refractivity contribution in [3.63, 3.8) is 0 Å². The lowest BCUT2D eigenvalue weighted by atomic mass is 9.87. The van der Waals surface area contributed by atoms with Crippen molar-refractivity contribution in [3.8, 4) is 0 Å². The van der Waals surface area contributed by atoms with Crippen molar-refractivity contribution >= 4 is 23.2 Å². The molecular formula is C25H30N6O. The Morgan fingerprint density at radius 3 is 2.78 bits per heavy atom. The summed E-state index contributed by atoms with van der Waals surface area (Å²) >= 11 is 0. The maximum atomic E-state index is 5.50. The number of rotatable bonds is 9. The third-order valence-electron chi connectivity index (χ3n) is 5.70. The second-order valence-electron chi connectivity index (χ2n) is 7.99. The molecule has 1 aromatic carbocycles. The van der Waals surface area contributed by atoms with Crippen LogP contribution in [0.1, 0.15) is 49.3 Å². The van der Waals surface area contributed by atoms with Crippen LogP contribution in [0.15, 0.2) is 67.1 Å². The van der Waals surface area contributed by atoms with Gasteiger partial charge in [0.05, 0.1) is 19.3 Å². The van der Waals surface area contributed by atoms with Crippen molar-refractivity contribution in [1.29, 1.82) is 0 Å². The summed E-state index contributed by atoms with van der Waals surface area (Å²) in [6.45, 7) is 4.58. The van der Waals surface area contributed by atoms with Crippen LogP contribution in [0.3, 0.4) is 0 Å². The monoisotopic (exact) mass is 430 g/mol. The number of aromatic amines is 1. The zero-order chi connectivity index (χ0) is 22.2. The molecule has 0 aliphatic heterocycles. The number of methoxy groups -OCH3 is 1. The first-order valence-corrected chi connectivity index (χ1v) is 11.1. The zero-order valence-electron chi connectivity index (χ0n) is 18.5. The zero-order valence-corrected chi connectivity index (χ0v) is 18.5. The standard InChI is InChI=1S/C25H30N6O/c1-18(19-9-5-3-6-10-19)15-21(32-2)17-27-25-26-14-13-23(29-25)28-24-16-22(30-31-24)20-11-7-4-8-12-20/h3,5-6,9-10,13-16,20H,1,4,7-8,11-12,17H2,2H3,(H3,26,27,28,29,30,31)/b21-15-. The number of anilines is 3. The molecule has 0 spiro atoms. The minimum atomic E-state index is 0.446. The van der Waals surface area contributed by atoms with E-state index < -0.39 is 0 Å². The highest BCUT2D eigenvalue weighted by molar-refractivity contribution is 5.72. The van der Waals surface area contributed by atoms with Crippen molar-refractivity contribution in [1.82, 2.24) is 20.2 Å². The summed E-state index contributed by atoms with van der Waals surface area (Å²) in [5, 5.41) is 14.1. The average molecular weight is 431 g/mol. The summed E-state index contributed by atoms with van der Waals surface area (Å²) in [7, 11) is 1.65. The van der Waals surface area contributed by atoms with Crippen molar-refractivity contribution < 1.29 is 4.74 Å². The quantitative estimate of drug-likeness (QED) is 0.300. The molecule has 166 valence electrons. The summed E-state index contributed by atoms with van der Waals surface area (Å²) < 4.78 is 5.50. The van der Waals surface area contributed by atoms with Gasteiger partial charge in [0, 0.05) is 18.2 Å². The third-order valence-corrected chi connectivity index (χ3v) is 5.70. The van der Waals surface area contributed by atoms with Gasteiger partial charge in [-0.05, 0) is 36.1 Å². The molecule has 4 rings (SSSR count). The van der Waals surface area contributed by atoms with Crippen LogP contribution in [-0.2, 0) is 4.74 Å². The number of hydrogen-bond acceptors (Lipinski definition) is 6. The molecule has 32 heavy (non-hydrogen) atoms. The van der Waals surface area contributed by atoms with E-state index in [0.29, 0.717) is 24.2 Å². The maximum absolute atomic E-state index is 5.50. The number of hydrogen-bond donors (Lipinski definition) is 3. The van der Waals surface area contributed by atoms with Crippen LogP contribution in [0, 0.1) is 0 Å². The van der Waals surface area contributed by atoms with E-state index in [4.69, 9.17) is 4.74 Å². The number of nitrogens with one attached hydrogen (secondary N) is 3. The molecule has 1 aliphatic rings. The van der Waals surface area contributed by atoms with Crippen LogP contribution in [0.2, 0.25) is 0 Å². The Kier molecular flexibility index (Phi) is 7.17. The Labute approximate surface area is 189 Å². The molecule has 2 heterocycles. The van der Waals surface area contributed by atoms with Gasteiger partial charge in [-0.25, -0.2) is 4.98 Å². The number of benzene rings is 1. The Morgan fingerprint density at radius 1 is 1.19 bits per heavy atom. The van der Waals surface area contributed by atoms with Crippen LogP contribution in [-0.4, -0.2) is 33.8 Å². The predicted octanol–water partition coefficient (Wildman–Crippen LogP) is 5.65. The van der Waals surface area contributed by atoms with Gasteiger partial charge in [-0.15, -0.1) is 0 Å². The SMILES string of the molecule is C=C(/C=C(/CNc1nccc(Nc2cc(C3CCCCC3)n[nH]2)n1)OC)c1ccccc1. The minimum absolute atomic E-state index is 0.446. The number of allylic oxidation sites excluding steroid dienone is 2. The van der Waals surface area contributed by atoms with Gasteiger partial charge in [0.25, 0.3) is 0 Å². The largest absolute Gasteiger partial charge is 0.499 e. The van der Waals surface area contributed by atoms with E-state index in [9.17, 15) is 0 Å². The van der Waals surface area contributed by atoms with E-state index >= 15 is 0 Å². The van der Waals surface area contributed by atoms with E-state index in [1.165, 1.54) is 32.1 Å². The molecule has 3 aromatic rings. The lowest BCUT2D eigenvalue weighted by Gasteiger charge is -2.18. The van der Waals surface area contributed by atoms with Gasteiger partial charge in [-0.3, -0.25) is 5.10 Å². The Balaban J connectivity index is 1.36. The van der Waals surface area contributed by atoms with Crippen molar-refractivity contribution in [2.24, 2.45) is 0 Å². The molecule has 3 N–H and O–H groups in total. The van der Waals surface area contributed by atoms with Crippen LogP contribution in [0.4, 0.5) is 17.6 Å². The number of nitrogens with zero attached hydrogens (tertiary/aromatic N) is 3. The van der Waals surface area contributed by atoms with E-state index in [2.05, 4.69) is 43.4 Å². The lowest BCUT2D eigenvalue weighted by Crippen LogP contribution is -2.10. The molecule has 0 amide bonds. The summed E-state index contributed by atoms with van der Waals surface area (Å²) in [4.78, 5) is 8.86. The molecule has 0 unspecified atom stereocenters. The van der Waals surface area contributed by atoms with E-state index in [0.717, 1.165) is 28.4 Å². The topological polar surface area (TPSA) is 87.8 Å². The fourth-order valence-electron chi connectivity index (χ4n) is 3.94. The lowest BCUT2D eigenvalue weighted by molar-refractivity contribution is 0.290. The molecule has 0 radical (unpaired) electrons. The van der Waals surface area contributed by atoms with E-state index in [-0.39, 0.29) is 0 Å². The second kappa shape index (κ2) is 10.6. The van der Waals surface area contributed by atoms with Crippen LogP contribution < -0.4 is 10.6 Å². The fraction of sp³-hybridized carbons (Fsp3) is 0.320. The summed E-state index contributed by atoms with van der Waals surface area (Å²) in [6.07, 6.45) is 9.99. The normalized spacial score (nSPS) is 14.7. The molecular weight excluding hydrogens is 400 g/mol.